The zero-order valence-corrected chi connectivity index (χ0v) is 14.2. The highest BCUT2D eigenvalue weighted by Gasteiger charge is 2.50. The number of hydrogen-bond donors (Lipinski definition) is 3. The van der Waals surface area contributed by atoms with Crippen LogP contribution >= 0.6 is 0 Å². The Hall–Kier alpha value is -0.200. The molecule has 1 aliphatic rings. The first-order valence-corrected chi connectivity index (χ1v) is 7.90. The molecule has 0 amide bonds. The third kappa shape index (κ3) is 4.17. The van der Waals surface area contributed by atoms with Gasteiger partial charge in [0.2, 0.25) is 0 Å². The van der Waals surface area contributed by atoms with E-state index in [1.807, 2.05) is 41.5 Å². The predicted molar refractivity (Wildman–Crippen MR) is 80.8 cm³/mol. The second kappa shape index (κ2) is 6.92. The molecule has 0 bridgehead atoms. The second-order valence-corrected chi connectivity index (χ2v) is 7.37. The maximum Gasteiger partial charge on any atom is 0.187 e. The lowest BCUT2D eigenvalue weighted by Gasteiger charge is -2.49. The molecule has 0 radical (unpaired) electrons. The molecule has 0 aliphatic carbocycles. The SMILES string of the molecule is CCC(C)(CC)OC1OC(CO)C(C(C)(C)C)C(O)C1O. The molecule has 1 saturated heterocycles. The Morgan fingerprint density at radius 2 is 1.52 bits per heavy atom. The third-order valence-corrected chi connectivity index (χ3v) is 4.78. The molecule has 0 saturated carbocycles. The summed E-state index contributed by atoms with van der Waals surface area (Å²) < 4.78 is 11.7. The van der Waals surface area contributed by atoms with E-state index in [-0.39, 0.29) is 17.9 Å². The Bertz CT molecular complexity index is 319. The number of aliphatic hydroxyl groups is 3. The minimum Gasteiger partial charge on any atom is -0.394 e. The van der Waals surface area contributed by atoms with Crippen LogP contribution in [0.15, 0.2) is 0 Å². The van der Waals surface area contributed by atoms with Crippen LogP contribution in [-0.2, 0) is 9.47 Å². The molecular formula is C16H32O5. The summed E-state index contributed by atoms with van der Waals surface area (Å²) in [5.74, 6) is -0.355. The van der Waals surface area contributed by atoms with Crippen LogP contribution in [0.3, 0.4) is 0 Å². The van der Waals surface area contributed by atoms with E-state index < -0.39 is 30.2 Å². The molecule has 1 heterocycles. The maximum absolute atomic E-state index is 10.5. The Morgan fingerprint density at radius 3 is 1.90 bits per heavy atom. The van der Waals surface area contributed by atoms with Crippen molar-refractivity contribution < 1.29 is 24.8 Å². The van der Waals surface area contributed by atoms with Gasteiger partial charge in [-0.15, -0.1) is 0 Å². The van der Waals surface area contributed by atoms with E-state index in [2.05, 4.69) is 0 Å². The van der Waals surface area contributed by atoms with Crippen molar-refractivity contribution in [3.05, 3.63) is 0 Å². The Labute approximate surface area is 128 Å². The first-order valence-electron chi connectivity index (χ1n) is 7.90. The second-order valence-electron chi connectivity index (χ2n) is 7.37. The molecule has 1 rings (SSSR count). The summed E-state index contributed by atoms with van der Waals surface area (Å²) in [7, 11) is 0. The summed E-state index contributed by atoms with van der Waals surface area (Å²) >= 11 is 0. The fourth-order valence-electron chi connectivity index (χ4n) is 2.95. The van der Waals surface area contributed by atoms with Crippen LogP contribution in [-0.4, -0.2) is 52.1 Å². The molecule has 5 heteroatoms. The summed E-state index contributed by atoms with van der Waals surface area (Å²) in [6.45, 7) is 11.7. The summed E-state index contributed by atoms with van der Waals surface area (Å²) in [5, 5.41) is 30.4. The van der Waals surface area contributed by atoms with Crippen molar-refractivity contribution in [1.29, 1.82) is 0 Å². The van der Waals surface area contributed by atoms with Crippen molar-refractivity contribution in [2.24, 2.45) is 11.3 Å². The van der Waals surface area contributed by atoms with Crippen molar-refractivity contribution in [3.63, 3.8) is 0 Å². The van der Waals surface area contributed by atoms with E-state index in [0.29, 0.717) is 0 Å². The fourth-order valence-corrected chi connectivity index (χ4v) is 2.95. The molecule has 3 N–H and O–H groups in total. The zero-order chi connectivity index (χ0) is 16.4. The average molecular weight is 304 g/mol. The number of rotatable bonds is 5. The minimum absolute atomic E-state index is 0.208. The van der Waals surface area contributed by atoms with Gasteiger partial charge >= 0.3 is 0 Å². The monoisotopic (exact) mass is 304 g/mol. The predicted octanol–water partition coefficient (Wildman–Crippen LogP) is 1.68. The first kappa shape index (κ1) is 18.8. The normalized spacial score (nSPS) is 35.0. The van der Waals surface area contributed by atoms with Gasteiger partial charge < -0.3 is 24.8 Å². The van der Waals surface area contributed by atoms with Gasteiger partial charge in [0, 0.05) is 5.92 Å². The van der Waals surface area contributed by atoms with Crippen molar-refractivity contribution in [2.45, 2.75) is 84.6 Å². The van der Waals surface area contributed by atoms with Crippen molar-refractivity contribution in [1.82, 2.24) is 0 Å². The van der Waals surface area contributed by atoms with Gasteiger partial charge in [0.1, 0.15) is 6.10 Å². The molecule has 126 valence electrons. The number of aliphatic hydroxyl groups excluding tert-OH is 3. The molecule has 0 spiro atoms. The van der Waals surface area contributed by atoms with Gasteiger partial charge in [-0.3, -0.25) is 0 Å². The largest absolute Gasteiger partial charge is 0.394 e. The average Bonchev–Trinajstić information content (AvgIpc) is 2.41. The van der Waals surface area contributed by atoms with E-state index in [9.17, 15) is 15.3 Å². The highest BCUT2D eigenvalue weighted by molar-refractivity contribution is 4.95. The van der Waals surface area contributed by atoms with E-state index in [1.165, 1.54) is 0 Å². The van der Waals surface area contributed by atoms with E-state index in [0.717, 1.165) is 12.8 Å². The molecule has 1 aliphatic heterocycles. The zero-order valence-electron chi connectivity index (χ0n) is 14.2. The fraction of sp³-hybridized carbons (Fsp3) is 1.00. The highest BCUT2D eigenvalue weighted by Crippen LogP contribution is 2.40. The van der Waals surface area contributed by atoms with Crippen molar-refractivity contribution in [2.75, 3.05) is 6.61 Å². The molecular weight excluding hydrogens is 272 g/mol. The Kier molecular flexibility index (Phi) is 6.21. The van der Waals surface area contributed by atoms with Gasteiger partial charge in [-0.1, -0.05) is 34.6 Å². The Balaban J connectivity index is 2.93. The topological polar surface area (TPSA) is 79.2 Å². The molecule has 0 aromatic heterocycles. The van der Waals surface area contributed by atoms with Gasteiger partial charge in [-0.25, -0.2) is 0 Å². The Morgan fingerprint density at radius 1 is 1.00 bits per heavy atom. The van der Waals surface area contributed by atoms with Crippen LogP contribution in [0.4, 0.5) is 0 Å². The van der Waals surface area contributed by atoms with Crippen molar-refractivity contribution in [3.8, 4) is 0 Å². The van der Waals surface area contributed by atoms with Crippen LogP contribution in [0.5, 0.6) is 0 Å². The lowest BCUT2D eigenvalue weighted by atomic mass is 9.71. The number of hydrogen-bond acceptors (Lipinski definition) is 5. The standard InChI is InChI=1S/C16H32O5/c1-7-16(6,8-2)21-14-13(19)12(18)11(15(3,4)5)10(9-17)20-14/h10-14,17-19H,7-9H2,1-6H3. The van der Waals surface area contributed by atoms with Gasteiger partial charge in [0.05, 0.1) is 24.4 Å². The van der Waals surface area contributed by atoms with Crippen LogP contribution < -0.4 is 0 Å². The highest BCUT2D eigenvalue weighted by atomic mass is 16.7. The van der Waals surface area contributed by atoms with Crippen LogP contribution in [0.2, 0.25) is 0 Å². The minimum atomic E-state index is -1.12. The van der Waals surface area contributed by atoms with Crippen molar-refractivity contribution >= 4 is 0 Å². The molecule has 1 fully saturated rings. The lowest BCUT2D eigenvalue weighted by molar-refractivity contribution is -0.326. The lowest BCUT2D eigenvalue weighted by Crippen LogP contribution is -2.60. The maximum atomic E-state index is 10.5. The third-order valence-electron chi connectivity index (χ3n) is 4.78. The van der Waals surface area contributed by atoms with Crippen LogP contribution in [0.25, 0.3) is 0 Å². The molecule has 5 nitrogen and oxygen atoms in total. The summed E-state index contributed by atoms with van der Waals surface area (Å²) in [6.07, 6.45) is -2.02. The quantitative estimate of drug-likeness (QED) is 0.720. The van der Waals surface area contributed by atoms with E-state index in [4.69, 9.17) is 9.47 Å². The smallest absolute Gasteiger partial charge is 0.187 e. The molecule has 5 atom stereocenters. The first-order chi connectivity index (χ1) is 9.59. The van der Waals surface area contributed by atoms with Gasteiger partial charge in [0.15, 0.2) is 6.29 Å². The summed E-state index contributed by atoms with van der Waals surface area (Å²) in [5.41, 5.74) is -0.711. The van der Waals surface area contributed by atoms with Crippen LogP contribution in [0, 0.1) is 11.3 Å². The number of ether oxygens (including phenoxy) is 2. The molecule has 5 unspecified atom stereocenters. The molecule has 0 aromatic carbocycles. The van der Waals surface area contributed by atoms with Gasteiger partial charge in [-0.05, 0) is 25.2 Å². The summed E-state index contributed by atoms with van der Waals surface area (Å²) in [4.78, 5) is 0. The molecule has 0 aromatic rings. The van der Waals surface area contributed by atoms with Gasteiger partial charge in [-0.2, -0.15) is 0 Å². The van der Waals surface area contributed by atoms with Gasteiger partial charge in [0.25, 0.3) is 0 Å². The van der Waals surface area contributed by atoms with E-state index >= 15 is 0 Å². The molecule has 21 heavy (non-hydrogen) atoms. The van der Waals surface area contributed by atoms with Crippen LogP contribution in [0.1, 0.15) is 54.4 Å². The summed E-state index contributed by atoms with van der Waals surface area (Å²) in [6, 6.07) is 0. The van der Waals surface area contributed by atoms with E-state index in [1.54, 1.807) is 0 Å².